The van der Waals surface area contributed by atoms with Gasteiger partial charge in [0.05, 0.1) is 23.0 Å². The first-order valence-electron chi connectivity index (χ1n) is 11.7. The zero-order valence-corrected chi connectivity index (χ0v) is 20.8. The van der Waals surface area contributed by atoms with Crippen LogP contribution in [0.1, 0.15) is 29.2 Å². The van der Waals surface area contributed by atoms with Crippen molar-refractivity contribution in [3.05, 3.63) is 113 Å². The molecule has 0 spiro atoms. The number of carbonyl (C=O) groups excluding carboxylic acids is 1. The van der Waals surface area contributed by atoms with E-state index >= 15 is 0 Å². The van der Waals surface area contributed by atoms with E-state index in [9.17, 15) is 23.1 Å². The van der Waals surface area contributed by atoms with Crippen molar-refractivity contribution in [3.8, 4) is 17.2 Å². The fraction of sp³-hybridized carbons (Fsp3) is 0.107. The summed E-state index contributed by atoms with van der Waals surface area (Å²) in [6.45, 7) is 0. The molecule has 11 heteroatoms. The third-order valence-electron chi connectivity index (χ3n) is 6.00. The van der Waals surface area contributed by atoms with Gasteiger partial charge >= 0.3 is 12.2 Å². The first-order chi connectivity index (χ1) is 18.7. The average molecular weight is 553 g/mol. The van der Waals surface area contributed by atoms with Gasteiger partial charge in [0, 0.05) is 35.0 Å². The van der Waals surface area contributed by atoms with E-state index in [1.54, 1.807) is 67.0 Å². The lowest BCUT2D eigenvalue weighted by Crippen LogP contribution is -2.31. The Balaban J connectivity index is 1.51. The minimum atomic E-state index is -4.66. The van der Waals surface area contributed by atoms with Gasteiger partial charge in [-0.2, -0.15) is 18.3 Å². The predicted octanol–water partition coefficient (Wildman–Crippen LogP) is 7.63. The Hall–Kier alpha value is -4.57. The molecule has 0 saturated carbocycles. The third kappa shape index (κ3) is 5.80. The SMILES string of the molecule is O=C(Nc1cc(C(F)(F)F)ccc1Oc1ccc(Cl)cc1)N1N=C(c2cccnc2)CC1c1ccccc1O. The van der Waals surface area contributed by atoms with Crippen LogP contribution in [0.5, 0.6) is 17.2 Å². The molecular weight excluding hydrogens is 533 g/mol. The number of aromatic nitrogens is 1. The summed E-state index contributed by atoms with van der Waals surface area (Å²) in [6, 6.07) is 17.4. The number of amides is 2. The van der Waals surface area contributed by atoms with Gasteiger partial charge in [0.15, 0.2) is 5.75 Å². The molecule has 0 bridgehead atoms. The number of urea groups is 1. The number of para-hydroxylation sites is 1. The van der Waals surface area contributed by atoms with E-state index in [-0.39, 0.29) is 23.6 Å². The summed E-state index contributed by atoms with van der Waals surface area (Å²) in [4.78, 5) is 17.6. The van der Waals surface area contributed by atoms with Crippen molar-refractivity contribution >= 4 is 29.0 Å². The smallest absolute Gasteiger partial charge is 0.416 e. The van der Waals surface area contributed by atoms with Crippen molar-refractivity contribution in [2.45, 2.75) is 18.6 Å². The average Bonchev–Trinajstić information content (AvgIpc) is 3.36. The van der Waals surface area contributed by atoms with E-state index in [0.717, 1.165) is 23.2 Å². The number of phenolic OH excluding ortho intramolecular Hbond substituents is 1. The number of hydrogen-bond donors (Lipinski definition) is 2. The Bertz CT molecular complexity index is 1530. The maximum absolute atomic E-state index is 13.6. The minimum Gasteiger partial charge on any atom is -0.508 e. The van der Waals surface area contributed by atoms with Crippen LogP contribution < -0.4 is 10.1 Å². The molecule has 4 aromatic rings. The maximum Gasteiger partial charge on any atom is 0.416 e. The summed E-state index contributed by atoms with van der Waals surface area (Å²) < 4.78 is 46.4. The zero-order chi connectivity index (χ0) is 27.6. The molecule has 2 N–H and O–H groups in total. The van der Waals surface area contributed by atoms with Gasteiger partial charge in [0.2, 0.25) is 0 Å². The standard InChI is InChI=1S/C28H20ClF3N4O3/c29-19-8-10-20(11-9-19)39-26-12-7-18(28(30,31)32)14-23(26)34-27(38)36-24(21-5-1-2-6-25(21)37)15-22(35-36)17-4-3-13-33-16-17/h1-14,16,24,37H,15H2,(H,34,38). The molecule has 198 valence electrons. The Labute approximate surface area is 226 Å². The number of aromatic hydroxyl groups is 1. The fourth-order valence-electron chi connectivity index (χ4n) is 4.11. The van der Waals surface area contributed by atoms with E-state index in [4.69, 9.17) is 16.3 Å². The second kappa shape index (κ2) is 10.7. The number of phenols is 1. The number of ether oxygens (including phenoxy) is 1. The minimum absolute atomic E-state index is 0.0200. The van der Waals surface area contributed by atoms with Crippen LogP contribution in [0.4, 0.5) is 23.7 Å². The van der Waals surface area contributed by atoms with Crippen LogP contribution in [-0.2, 0) is 6.18 Å². The molecule has 5 rings (SSSR count). The summed E-state index contributed by atoms with van der Waals surface area (Å²) in [5.41, 5.74) is 0.425. The number of carbonyl (C=O) groups is 1. The van der Waals surface area contributed by atoms with Crippen molar-refractivity contribution in [2.75, 3.05) is 5.32 Å². The van der Waals surface area contributed by atoms with Crippen molar-refractivity contribution in [1.82, 2.24) is 9.99 Å². The largest absolute Gasteiger partial charge is 0.508 e. The van der Waals surface area contributed by atoms with Gasteiger partial charge in [-0.1, -0.05) is 35.9 Å². The van der Waals surface area contributed by atoms with E-state index in [2.05, 4.69) is 15.4 Å². The van der Waals surface area contributed by atoms with Crippen LogP contribution in [0.15, 0.2) is 96.4 Å². The van der Waals surface area contributed by atoms with Crippen molar-refractivity contribution in [3.63, 3.8) is 0 Å². The highest BCUT2D eigenvalue weighted by molar-refractivity contribution is 6.30. The lowest BCUT2D eigenvalue weighted by molar-refractivity contribution is -0.137. The van der Waals surface area contributed by atoms with E-state index in [0.29, 0.717) is 27.6 Å². The highest BCUT2D eigenvalue weighted by Crippen LogP contribution is 2.40. The van der Waals surface area contributed by atoms with Crippen LogP contribution in [-0.4, -0.2) is 26.8 Å². The third-order valence-corrected chi connectivity index (χ3v) is 6.25. The molecule has 1 aliphatic rings. The molecule has 2 amide bonds. The topological polar surface area (TPSA) is 87.0 Å². The predicted molar refractivity (Wildman–Crippen MR) is 140 cm³/mol. The molecule has 0 aliphatic carbocycles. The van der Waals surface area contributed by atoms with E-state index < -0.39 is 23.8 Å². The quantitative estimate of drug-likeness (QED) is 0.266. The van der Waals surface area contributed by atoms with Gasteiger partial charge in [-0.15, -0.1) is 0 Å². The van der Waals surface area contributed by atoms with Gasteiger partial charge in [-0.05, 0) is 54.6 Å². The van der Waals surface area contributed by atoms with Gasteiger partial charge in [-0.3, -0.25) is 4.98 Å². The number of anilines is 1. The molecule has 2 heterocycles. The first kappa shape index (κ1) is 26.1. The molecule has 1 aromatic heterocycles. The number of hydrogen-bond acceptors (Lipinski definition) is 5. The van der Waals surface area contributed by atoms with Crippen molar-refractivity contribution in [2.24, 2.45) is 5.10 Å². The Kier molecular flexibility index (Phi) is 7.12. The molecule has 1 aliphatic heterocycles. The first-order valence-corrected chi connectivity index (χ1v) is 12.1. The normalized spacial score (nSPS) is 15.1. The van der Waals surface area contributed by atoms with Gasteiger partial charge in [-0.25, -0.2) is 9.80 Å². The Morgan fingerprint density at radius 2 is 1.82 bits per heavy atom. The van der Waals surface area contributed by atoms with Crippen LogP contribution in [0, 0.1) is 0 Å². The second-order valence-corrected chi connectivity index (χ2v) is 9.04. The number of hydrazone groups is 1. The summed E-state index contributed by atoms with van der Waals surface area (Å²) in [7, 11) is 0. The molecule has 1 atom stereocenters. The monoisotopic (exact) mass is 552 g/mol. The van der Waals surface area contributed by atoms with Gasteiger partial charge in [0.25, 0.3) is 0 Å². The molecule has 0 saturated heterocycles. The second-order valence-electron chi connectivity index (χ2n) is 8.61. The van der Waals surface area contributed by atoms with Gasteiger partial charge < -0.3 is 15.2 Å². The van der Waals surface area contributed by atoms with Crippen LogP contribution in [0.25, 0.3) is 0 Å². The molecular formula is C28H20ClF3N4O3. The summed E-state index contributed by atoms with van der Waals surface area (Å²) in [5.74, 6) is 0.238. The van der Waals surface area contributed by atoms with Crippen molar-refractivity contribution in [1.29, 1.82) is 0 Å². The molecule has 7 nitrogen and oxygen atoms in total. The zero-order valence-electron chi connectivity index (χ0n) is 20.1. The number of nitrogens with one attached hydrogen (secondary N) is 1. The maximum atomic E-state index is 13.6. The number of nitrogens with zero attached hydrogens (tertiary/aromatic N) is 3. The van der Waals surface area contributed by atoms with Gasteiger partial charge in [0.1, 0.15) is 11.5 Å². The molecule has 0 fully saturated rings. The lowest BCUT2D eigenvalue weighted by Gasteiger charge is -2.24. The number of pyridine rings is 1. The number of halogens is 4. The Morgan fingerprint density at radius 3 is 2.51 bits per heavy atom. The van der Waals surface area contributed by atoms with Crippen LogP contribution in [0.3, 0.4) is 0 Å². The molecule has 0 radical (unpaired) electrons. The summed E-state index contributed by atoms with van der Waals surface area (Å²) in [6.07, 6.45) is -1.23. The fourth-order valence-corrected chi connectivity index (χ4v) is 4.24. The molecule has 3 aromatic carbocycles. The van der Waals surface area contributed by atoms with Crippen LogP contribution in [0.2, 0.25) is 5.02 Å². The number of benzene rings is 3. The van der Waals surface area contributed by atoms with Crippen molar-refractivity contribution < 1.29 is 27.8 Å². The number of alkyl halides is 3. The summed E-state index contributed by atoms with van der Waals surface area (Å²) in [5, 5.41) is 19.0. The number of rotatable bonds is 5. The Morgan fingerprint density at radius 1 is 1.05 bits per heavy atom. The molecule has 39 heavy (non-hydrogen) atoms. The highest BCUT2D eigenvalue weighted by Gasteiger charge is 2.36. The lowest BCUT2D eigenvalue weighted by atomic mass is 9.98. The summed E-state index contributed by atoms with van der Waals surface area (Å²) >= 11 is 5.91. The van der Waals surface area contributed by atoms with E-state index in [1.165, 1.54) is 6.07 Å². The van der Waals surface area contributed by atoms with Crippen LogP contribution >= 0.6 is 11.6 Å². The highest BCUT2D eigenvalue weighted by atomic mass is 35.5. The van der Waals surface area contributed by atoms with E-state index in [1.807, 2.05) is 0 Å². The molecule has 1 unspecified atom stereocenters.